The van der Waals surface area contributed by atoms with E-state index in [1.54, 1.807) is 0 Å². The quantitative estimate of drug-likeness (QED) is 0.646. The van der Waals surface area contributed by atoms with Gasteiger partial charge >= 0.3 is 0 Å². The van der Waals surface area contributed by atoms with Crippen LogP contribution in [0.1, 0.15) is 19.8 Å². The van der Waals surface area contributed by atoms with Gasteiger partial charge in [-0.1, -0.05) is 0 Å². The van der Waals surface area contributed by atoms with Crippen LogP contribution in [0, 0.1) is 11.3 Å². The van der Waals surface area contributed by atoms with E-state index in [1.165, 1.54) is 25.9 Å². The molecule has 3 nitrogen and oxygen atoms in total. The number of likely N-dealkylation sites (tertiary alicyclic amines) is 1. The molecule has 1 aliphatic heterocycles. The van der Waals surface area contributed by atoms with Gasteiger partial charge in [0.1, 0.15) is 0 Å². The molecule has 13 heavy (non-hydrogen) atoms. The zero-order valence-electron chi connectivity index (χ0n) is 8.66. The third-order valence-corrected chi connectivity index (χ3v) is 2.82. The van der Waals surface area contributed by atoms with Gasteiger partial charge in [-0.25, -0.2) is 0 Å². The van der Waals surface area contributed by atoms with E-state index < -0.39 is 0 Å². The van der Waals surface area contributed by atoms with Gasteiger partial charge in [0.05, 0.1) is 12.1 Å². The van der Waals surface area contributed by atoms with Gasteiger partial charge in [-0.15, -0.1) is 0 Å². The van der Waals surface area contributed by atoms with Gasteiger partial charge in [0.15, 0.2) is 0 Å². The highest BCUT2D eigenvalue weighted by atomic mass is 15.2. The minimum absolute atomic E-state index is 0.0441. The van der Waals surface area contributed by atoms with E-state index in [0.29, 0.717) is 0 Å². The molecule has 3 heteroatoms. The molecule has 0 N–H and O–H groups in total. The molecule has 1 unspecified atom stereocenters. The molecule has 0 bridgehead atoms. The number of hydrogen-bond acceptors (Lipinski definition) is 3. The minimum atomic E-state index is 0.0441. The second-order valence-corrected chi connectivity index (χ2v) is 3.83. The third-order valence-electron chi connectivity index (χ3n) is 2.82. The van der Waals surface area contributed by atoms with Crippen molar-refractivity contribution < 1.29 is 0 Å². The van der Waals surface area contributed by atoms with Gasteiger partial charge in [0.2, 0.25) is 0 Å². The van der Waals surface area contributed by atoms with Gasteiger partial charge in [-0.05, 0) is 39.9 Å². The molecule has 0 radical (unpaired) electrons. The molecule has 1 fully saturated rings. The molecule has 1 saturated heterocycles. The van der Waals surface area contributed by atoms with Crippen LogP contribution in [0.15, 0.2) is 0 Å². The van der Waals surface area contributed by atoms with Gasteiger partial charge in [-0.3, -0.25) is 4.90 Å². The molecule has 0 saturated carbocycles. The number of nitrogens with zero attached hydrogens (tertiary/aromatic N) is 3. The molecule has 74 valence electrons. The van der Waals surface area contributed by atoms with Crippen molar-refractivity contribution in [1.82, 2.24) is 9.80 Å². The van der Waals surface area contributed by atoms with Crippen LogP contribution in [-0.4, -0.2) is 49.1 Å². The summed E-state index contributed by atoms with van der Waals surface area (Å²) in [6.07, 6.45) is 2.69. The summed E-state index contributed by atoms with van der Waals surface area (Å²) < 4.78 is 0. The molecule has 1 aliphatic rings. The van der Waals surface area contributed by atoms with Crippen molar-refractivity contribution in [1.29, 1.82) is 5.26 Å². The first-order valence-electron chi connectivity index (χ1n) is 5.06. The van der Waals surface area contributed by atoms with Crippen LogP contribution < -0.4 is 0 Å². The van der Waals surface area contributed by atoms with Crippen molar-refractivity contribution in [2.45, 2.75) is 25.8 Å². The average Bonchev–Trinajstić information content (AvgIpc) is 2.65. The van der Waals surface area contributed by atoms with Gasteiger partial charge in [0, 0.05) is 13.1 Å². The van der Waals surface area contributed by atoms with Crippen molar-refractivity contribution in [2.75, 3.05) is 33.2 Å². The monoisotopic (exact) mass is 181 g/mol. The maximum Gasteiger partial charge on any atom is 0.0947 e. The predicted octanol–water partition coefficient (Wildman–Crippen LogP) is 0.926. The molecule has 0 amide bonds. The Kier molecular flexibility index (Phi) is 4.20. The van der Waals surface area contributed by atoms with E-state index in [0.717, 1.165) is 13.1 Å². The molecule has 0 spiro atoms. The fraction of sp³-hybridized carbons (Fsp3) is 0.900. The summed E-state index contributed by atoms with van der Waals surface area (Å²) in [4.78, 5) is 4.58. The molecule has 1 atom stereocenters. The topological polar surface area (TPSA) is 30.3 Å². The molecule has 0 aromatic heterocycles. The van der Waals surface area contributed by atoms with Gasteiger partial charge in [-0.2, -0.15) is 5.26 Å². The number of likely N-dealkylation sites (N-methyl/N-ethyl adjacent to an activating group) is 1. The Morgan fingerprint density at radius 2 is 2.08 bits per heavy atom. The normalized spacial score (nSPS) is 20.5. The lowest BCUT2D eigenvalue weighted by atomic mass is 10.3. The van der Waals surface area contributed by atoms with Crippen LogP contribution in [0.25, 0.3) is 0 Å². The Labute approximate surface area is 80.9 Å². The summed E-state index contributed by atoms with van der Waals surface area (Å²) in [5.41, 5.74) is 0. The second kappa shape index (κ2) is 5.21. The minimum Gasteiger partial charge on any atom is -0.302 e. The highest BCUT2D eigenvalue weighted by molar-refractivity contribution is 4.86. The van der Waals surface area contributed by atoms with E-state index >= 15 is 0 Å². The van der Waals surface area contributed by atoms with Crippen LogP contribution in [0.2, 0.25) is 0 Å². The van der Waals surface area contributed by atoms with Crippen LogP contribution in [0.3, 0.4) is 0 Å². The maximum atomic E-state index is 8.69. The van der Waals surface area contributed by atoms with Crippen molar-refractivity contribution in [2.24, 2.45) is 0 Å². The first kappa shape index (κ1) is 10.5. The summed E-state index contributed by atoms with van der Waals surface area (Å²) in [7, 11) is 2.02. The lowest BCUT2D eigenvalue weighted by molar-refractivity contribution is 0.240. The highest BCUT2D eigenvalue weighted by Gasteiger charge is 2.13. The van der Waals surface area contributed by atoms with Crippen LogP contribution in [0.5, 0.6) is 0 Å². The predicted molar refractivity (Wildman–Crippen MR) is 53.4 cm³/mol. The fourth-order valence-corrected chi connectivity index (χ4v) is 1.60. The zero-order valence-corrected chi connectivity index (χ0v) is 8.66. The van der Waals surface area contributed by atoms with Crippen molar-refractivity contribution in [3.8, 4) is 6.07 Å². The van der Waals surface area contributed by atoms with E-state index in [1.807, 2.05) is 14.0 Å². The van der Waals surface area contributed by atoms with Crippen LogP contribution in [-0.2, 0) is 0 Å². The lowest BCUT2D eigenvalue weighted by Gasteiger charge is -2.22. The standard InChI is InChI=1S/C10H19N3/c1-10(9-11)12(2)7-8-13-5-3-4-6-13/h10H,3-8H2,1-2H3. The Hall–Kier alpha value is -0.590. The zero-order chi connectivity index (χ0) is 9.68. The molecule has 0 aromatic carbocycles. The van der Waals surface area contributed by atoms with Crippen molar-refractivity contribution in [3.05, 3.63) is 0 Å². The van der Waals surface area contributed by atoms with Gasteiger partial charge in [0.25, 0.3) is 0 Å². The molecule has 1 rings (SSSR count). The van der Waals surface area contributed by atoms with Gasteiger partial charge < -0.3 is 4.90 Å². The molecule has 0 aliphatic carbocycles. The van der Waals surface area contributed by atoms with E-state index in [-0.39, 0.29) is 6.04 Å². The Bertz CT molecular complexity index is 179. The Morgan fingerprint density at radius 1 is 1.46 bits per heavy atom. The smallest absolute Gasteiger partial charge is 0.0947 e. The summed E-state index contributed by atoms with van der Waals surface area (Å²) in [6, 6.07) is 2.29. The largest absolute Gasteiger partial charge is 0.302 e. The van der Waals surface area contributed by atoms with Crippen LogP contribution in [0.4, 0.5) is 0 Å². The van der Waals surface area contributed by atoms with E-state index in [4.69, 9.17) is 5.26 Å². The molecular weight excluding hydrogens is 162 g/mol. The molecular formula is C10H19N3. The highest BCUT2D eigenvalue weighted by Crippen LogP contribution is 2.06. The SMILES string of the molecule is CC(C#N)N(C)CCN1CCCC1. The molecule has 1 heterocycles. The first-order chi connectivity index (χ1) is 6.24. The van der Waals surface area contributed by atoms with Crippen molar-refractivity contribution >= 4 is 0 Å². The van der Waals surface area contributed by atoms with E-state index in [9.17, 15) is 0 Å². The first-order valence-corrected chi connectivity index (χ1v) is 5.06. The third kappa shape index (κ3) is 3.33. The summed E-state index contributed by atoms with van der Waals surface area (Å²) in [6.45, 7) is 6.56. The Morgan fingerprint density at radius 3 is 2.62 bits per heavy atom. The van der Waals surface area contributed by atoms with Crippen LogP contribution >= 0.6 is 0 Å². The maximum absolute atomic E-state index is 8.69. The summed E-state index contributed by atoms with van der Waals surface area (Å²) in [5.74, 6) is 0. The Balaban J connectivity index is 2.14. The number of hydrogen-bond donors (Lipinski definition) is 0. The number of rotatable bonds is 4. The average molecular weight is 181 g/mol. The number of nitriles is 1. The summed E-state index contributed by atoms with van der Waals surface area (Å²) >= 11 is 0. The molecule has 0 aromatic rings. The van der Waals surface area contributed by atoms with E-state index in [2.05, 4.69) is 15.9 Å². The fourth-order valence-electron chi connectivity index (χ4n) is 1.60. The summed E-state index contributed by atoms with van der Waals surface area (Å²) in [5, 5.41) is 8.69. The van der Waals surface area contributed by atoms with Crippen molar-refractivity contribution in [3.63, 3.8) is 0 Å². The lowest BCUT2D eigenvalue weighted by Crippen LogP contribution is -2.35. The second-order valence-electron chi connectivity index (χ2n) is 3.83.